The van der Waals surface area contributed by atoms with Gasteiger partial charge in [-0.25, -0.2) is 0 Å². The standard InChI is InChI=1S/C24H31ClN6O3/c25-20-4-1-3-18-19(14-31(23(18)20)13-17-5-11-33-12-6-17)24-27-22(34-28-24)16-30-8-2-7-29(9-10-30)15-21(26)32/h1,3-4,14,17H,2,5-13,15-16H2,(H2,26,32). The Labute approximate surface area is 203 Å². The van der Waals surface area contributed by atoms with Gasteiger partial charge in [0.1, 0.15) is 0 Å². The lowest BCUT2D eigenvalue weighted by Gasteiger charge is -2.23. The number of nitrogens with two attached hydrogens (primary N) is 1. The molecule has 2 aliphatic heterocycles. The molecular weight excluding hydrogens is 456 g/mol. The summed E-state index contributed by atoms with van der Waals surface area (Å²) >= 11 is 6.62. The van der Waals surface area contributed by atoms with E-state index in [4.69, 9.17) is 31.6 Å². The maximum atomic E-state index is 11.2. The first-order valence-electron chi connectivity index (χ1n) is 12.0. The molecule has 10 heteroatoms. The van der Waals surface area contributed by atoms with Gasteiger partial charge in [0.25, 0.3) is 0 Å². The fourth-order valence-electron chi connectivity index (χ4n) is 5.02. The molecule has 0 radical (unpaired) electrons. The second kappa shape index (κ2) is 10.4. The minimum Gasteiger partial charge on any atom is -0.381 e. The third kappa shape index (κ3) is 5.27. The van der Waals surface area contributed by atoms with Crippen LogP contribution in [-0.2, 0) is 22.6 Å². The number of ether oxygens (including phenoxy) is 1. The number of benzene rings is 1. The minimum absolute atomic E-state index is 0.286. The van der Waals surface area contributed by atoms with Crippen LogP contribution in [0.25, 0.3) is 22.3 Å². The number of hydrogen-bond donors (Lipinski definition) is 1. The van der Waals surface area contributed by atoms with Crippen molar-refractivity contribution in [3.05, 3.63) is 35.3 Å². The third-order valence-electron chi connectivity index (χ3n) is 6.77. The highest BCUT2D eigenvalue weighted by atomic mass is 35.5. The van der Waals surface area contributed by atoms with E-state index in [0.717, 1.165) is 86.7 Å². The van der Waals surface area contributed by atoms with Gasteiger partial charge in [-0.15, -0.1) is 0 Å². The van der Waals surface area contributed by atoms with E-state index in [2.05, 4.69) is 31.8 Å². The first-order chi connectivity index (χ1) is 16.6. The molecule has 2 fully saturated rings. The number of nitrogens with zero attached hydrogens (tertiary/aromatic N) is 5. The van der Waals surface area contributed by atoms with E-state index in [1.807, 2.05) is 12.1 Å². The zero-order chi connectivity index (χ0) is 23.5. The summed E-state index contributed by atoms with van der Waals surface area (Å²) in [5.74, 6) is 1.45. The summed E-state index contributed by atoms with van der Waals surface area (Å²) in [5, 5.41) is 6.07. The van der Waals surface area contributed by atoms with E-state index in [1.165, 1.54) is 0 Å². The van der Waals surface area contributed by atoms with Crippen molar-refractivity contribution in [3.8, 4) is 11.4 Å². The molecule has 2 N–H and O–H groups in total. The summed E-state index contributed by atoms with van der Waals surface area (Å²) in [6, 6.07) is 5.95. The van der Waals surface area contributed by atoms with Crippen LogP contribution >= 0.6 is 11.6 Å². The molecule has 34 heavy (non-hydrogen) atoms. The number of fused-ring (bicyclic) bond motifs is 1. The molecule has 2 aliphatic rings. The Bertz CT molecular complexity index is 1140. The lowest BCUT2D eigenvalue weighted by molar-refractivity contribution is -0.119. The number of primary amides is 1. The molecule has 0 spiro atoms. The lowest BCUT2D eigenvalue weighted by atomic mass is 10.0. The van der Waals surface area contributed by atoms with Crippen LogP contribution in [0.2, 0.25) is 5.02 Å². The van der Waals surface area contributed by atoms with Gasteiger partial charge in [-0.2, -0.15) is 4.98 Å². The molecule has 0 unspecified atom stereocenters. The summed E-state index contributed by atoms with van der Waals surface area (Å²) < 4.78 is 13.4. The number of halogens is 1. The van der Waals surface area contributed by atoms with E-state index >= 15 is 0 Å². The summed E-state index contributed by atoms with van der Waals surface area (Å²) in [5.41, 5.74) is 7.30. The molecule has 2 aromatic heterocycles. The van der Waals surface area contributed by atoms with E-state index < -0.39 is 0 Å². The van der Waals surface area contributed by atoms with Crippen molar-refractivity contribution in [1.82, 2.24) is 24.5 Å². The van der Waals surface area contributed by atoms with Crippen LogP contribution in [0.5, 0.6) is 0 Å². The molecule has 182 valence electrons. The highest BCUT2D eigenvalue weighted by Crippen LogP contribution is 2.34. The van der Waals surface area contributed by atoms with Gasteiger partial charge in [0.05, 0.1) is 23.6 Å². The van der Waals surface area contributed by atoms with Gasteiger partial charge in [-0.3, -0.25) is 14.6 Å². The molecule has 5 rings (SSSR count). The Morgan fingerprint density at radius 2 is 1.94 bits per heavy atom. The fraction of sp³-hybridized carbons (Fsp3) is 0.542. The summed E-state index contributed by atoms with van der Waals surface area (Å²) in [4.78, 5) is 20.3. The maximum absolute atomic E-state index is 11.2. The van der Waals surface area contributed by atoms with E-state index in [0.29, 0.717) is 30.7 Å². The van der Waals surface area contributed by atoms with Gasteiger partial charge >= 0.3 is 0 Å². The molecule has 0 aliphatic carbocycles. The van der Waals surface area contributed by atoms with Gasteiger partial charge in [-0.05, 0) is 44.3 Å². The number of amides is 1. The average molecular weight is 487 g/mol. The van der Waals surface area contributed by atoms with Crippen molar-refractivity contribution in [2.24, 2.45) is 11.7 Å². The molecule has 0 atom stereocenters. The summed E-state index contributed by atoms with van der Waals surface area (Å²) in [6.07, 6.45) is 5.18. The first kappa shape index (κ1) is 23.3. The van der Waals surface area contributed by atoms with Gasteiger partial charge in [-0.1, -0.05) is 28.9 Å². The Morgan fingerprint density at radius 1 is 1.15 bits per heavy atom. The Kier molecular flexibility index (Phi) is 7.15. The maximum Gasteiger partial charge on any atom is 0.241 e. The van der Waals surface area contributed by atoms with Gasteiger partial charge < -0.3 is 19.6 Å². The van der Waals surface area contributed by atoms with E-state index in [-0.39, 0.29) is 5.91 Å². The molecule has 3 aromatic rings. The zero-order valence-electron chi connectivity index (χ0n) is 19.3. The number of para-hydroxylation sites is 1. The van der Waals surface area contributed by atoms with Crippen LogP contribution in [0.1, 0.15) is 25.2 Å². The quantitative estimate of drug-likeness (QED) is 0.547. The van der Waals surface area contributed by atoms with Crippen LogP contribution in [0.15, 0.2) is 28.9 Å². The number of rotatable bonds is 7. The highest BCUT2D eigenvalue weighted by molar-refractivity contribution is 6.35. The average Bonchev–Trinajstić information content (AvgIpc) is 3.36. The van der Waals surface area contributed by atoms with Crippen LogP contribution in [0.3, 0.4) is 0 Å². The van der Waals surface area contributed by atoms with Gasteiger partial charge in [0.2, 0.25) is 17.6 Å². The molecule has 2 saturated heterocycles. The van der Waals surface area contributed by atoms with Crippen molar-refractivity contribution in [2.75, 3.05) is 45.9 Å². The number of carbonyl (C=O) groups is 1. The fourth-order valence-corrected chi connectivity index (χ4v) is 5.31. The second-order valence-corrected chi connectivity index (χ2v) is 9.68. The van der Waals surface area contributed by atoms with Gasteiger partial charge in [0, 0.05) is 50.0 Å². The van der Waals surface area contributed by atoms with Crippen LogP contribution in [-0.4, -0.2) is 76.4 Å². The number of aromatic nitrogens is 3. The van der Waals surface area contributed by atoms with Gasteiger partial charge in [0.15, 0.2) is 0 Å². The van der Waals surface area contributed by atoms with Crippen molar-refractivity contribution >= 4 is 28.4 Å². The van der Waals surface area contributed by atoms with E-state index in [9.17, 15) is 4.79 Å². The van der Waals surface area contributed by atoms with E-state index in [1.54, 1.807) is 0 Å². The van der Waals surface area contributed by atoms with Crippen LogP contribution in [0, 0.1) is 5.92 Å². The predicted molar refractivity (Wildman–Crippen MR) is 129 cm³/mol. The Balaban J connectivity index is 1.33. The Morgan fingerprint density at radius 3 is 2.76 bits per heavy atom. The molecule has 1 amide bonds. The molecule has 1 aromatic carbocycles. The predicted octanol–water partition coefficient (Wildman–Crippen LogP) is 2.76. The zero-order valence-corrected chi connectivity index (χ0v) is 20.0. The normalized spacial score (nSPS) is 19.0. The minimum atomic E-state index is -0.286. The van der Waals surface area contributed by atoms with Crippen LogP contribution < -0.4 is 5.73 Å². The van der Waals surface area contributed by atoms with Crippen molar-refractivity contribution in [2.45, 2.75) is 32.4 Å². The second-order valence-electron chi connectivity index (χ2n) is 9.27. The van der Waals surface area contributed by atoms with Crippen molar-refractivity contribution in [1.29, 1.82) is 0 Å². The molecule has 0 bridgehead atoms. The Hall–Kier alpha value is -2.46. The lowest BCUT2D eigenvalue weighted by Crippen LogP contribution is -2.36. The third-order valence-corrected chi connectivity index (χ3v) is 7.08. The van der Waals surface area contributed by atoms with Crippen molar-refractivity contribution in [3.63, 3.8) is 0 Å². The molecule has 9 nitrogen and oxygen atoms in total. The number of hydrogen-bond acceptors (Lipinski definition) is 7. The van der Waals surface area contributed by atoms with Crippen molar-refractivity contribution < 1.29 is 14.1 Å². The molecule has 4 heterocycles. The smallest absolute Gasteiger partial charge is 0.241 e. The highest BCUT2D eigenvalue weighted by Gasteiger charge is 2.22. The molecule has 0 saturated carbocycles. The first-order valence-corrected chi connectivity index (χ1v) is 12.4. The summed E-state index contributed by atoms with van der Waals surface area (Å²) in [6.45, 7) is 6.80. The topological polar surface area (TPSA) is 103 Å². The monoisotopic (exact) mass is 486 g/mol. The SMILES string of the molecule is NC(=O)CN1CCCN(Cc2nc(-c3cn(CC4CCOCC4)c4c(Cl)cccc34)no2)CC1. The summed E-state index contributed by atoms with van der Waals surface area (Å²) in [7, 11) is 0. The largest absolute Gasteiger partial charge is 0.381 e. The number of carbonyl (C=O) groups excluding carboxylic acids is 1. The molecular formula is C24H31ClN6O3. The van der Waals surface area contributed by atoms with Crippen LogP contribution in [0.4, 0.5) is 0 Å².